The van der Waals surface area contributed by atoms with Crippen LogP contribution in [0, 0.1) is 5.92 Å². The van der Waals surface area contributed by atoms with Gasteiger partial charge < -0.3 is 15.5 Å². The van der Waals surface area contributed by atoms with Crippen molar-refractivity contribution in [2.45, 2.75) is 25.9 Å². The van der Waals surface area contributed by atoms with E-state index >= 15 is 0 Å². The first kappa shape index (κ1) is 11.2. The third-order valence-electron chi connectivity index (χ3n) is 2.29. The molecule has 1 unspecified atom stereocenters. The van der Waals surface area contributed by atoms with E-state index in [0.29, 0.717) is 19.0 Å². The van der Waals surface area contributed by atoms with Crippen LogP contribution in [0.3, 0.4) is 0 Å². The molecule has 0 heterocycles. The Morgan fingerprint density at radius 1 is 1.64 bits per heavy atom. The van der Waals surface area contributed by atoms with Crippen molar-refractivity contribution >= 4 is 5.97 Å². The van der Waals surface area contributed by atoms with Crippen molar-refractivity contribution in [2.75, 3.05) is 13.1 Å². The van der Waals surface area contributed by atoms with E-state index < -0.39 is 5.97 Å². The maximum absolute atomic E-state index is 10.3. The molecule has 3 N–H and O–H groups in total. The standard InChI is InChI=1S/C10H17NO3/c1-7(4-10(13)14)5-11-6-9(12)8-2-3-8/h4,8-9,11-12H,2-3,5-6H2,1H3,(H,13,14). The quantitative estimate of drug-likeness (QED) is 0.541. The Bertz CT molecular complexity index is 234. The summed E-state index contributed by atoms with van der Waals surface area (Å²) in [7, 11) is 0. The van der Waals surface area contributed by atoms with Crippen LogP contribution >= 0.6 is 0 Å². The summed E-state index contributed by atoms with van der Waals surface area (Å²) >= 11 is 0. The van der Waals surface area contributed by atoms with Crippen LogP contribution in [-0.4, -0.2) is 35.4 Å². The lowest BCUT2D eigenvalue weighted by atomic mass is 10.2. The molecule has 0 saturated heterocycles. The number of carboxylic acids is 1. The second kappa shape index (κ2) is 5.12. The Kier molecular flexibility index (Phi) is 4.10. The van der Waals surface area contributed by atoms with Crippen molar-refractivity contribution in [3.63, 3.8) is 0 Å². The summed E-state index contributed by atoms with van der Waals surface area (Å²) in [6.07, 6.45) is 3.14. The Morgan fingerprint density at radius 3 is 2.79 bits per heavy atom. The van der Waals surface area contributed by atoms with Gasteiger partial charge >= 0.3 is 5.97 Å². The highest BCUT2D eigenvalue weighted by atomic mass is 16.4. The van der Waals surface area contributed by atoms with Crippen molar-refractivity contribution < 1.29 is 15.0 Å². The minimum Gasteiger partial charge on any atom is -0.478 e. The number of carbonyl (C=O) groups is 1. The number of nitrogens with one attached hydrogen (secondary N) is 1. The minimum absolute atomic E-state index is 0.271. The van der Waals surface area contributed by atoms with Gasteiger partial charge in [0.15, 0.2) is 0 Å². The smallest absolute Gasteiger partial charge is 0.328 e. The highest BCUT2D eigenvalue weighted by molar-refractivity contribution is 5.80. The first-order valence-corrected chi connectivity index (χ1v) is 4.88. The van der Waals surface area contributed by atoms with Gasteiger partial charge in [-0.1, -0.05) is 5.57 Å². The van der Waals surface area contributed by atoms with Gasteiger partial charge in [-0.25, -0.2) is 4.79 Å². The molecule has 1 aliphatic carbocycles. The second-order valence-electron chi connectivity index (χ2n) is 3.86. The van der Waals surface area contributed by atoms with E-state index in [-0.39, 0.29) is 6.10 Å². The molecule has 0 radical (unpaired) electrons. The van der Waals surface area contributed by atoms with E-state index in [4.69, 9.17) is 5.11 Å². The molecule has 4 nitrogen and oxygen atoms in total. The fourth-order valence-electron chi connectivity index (χ4n) is 1.33. The highest BCUT2D eigenvalue weighted by Crippen LogP contribution is 2.32. The largest absolute Gasteiger partial charge is 0.478 e. The average molecular weight is 199 g/mol. The number of hydrogen-bond donors (Lipinski definition) is 3. The number of carboxylic acid groups (broad SMARTS) is 1. The van der Waals surface area contributed by atoms with Crippen LogP contribution in [0.25, 0.3) is 0 Å². The van der Waals surface area contributed by atoms with Gasteiger partial charge in [0.1, 0.15) is 0 Å². The highest BCUT2D eigenvalue weighted by Gasteiger charge is 2.28. The molecule has 0 bridgehead atoms. The van der Waals surface area contributed by atoms with Crippen molar-refractivity contribution in [1.29, 1.82) is 0 Å². The number of hydrogen-bond acceptors (Lipinski definition) is 3. The molecule has 0 amide bonds. The summed E-state index contributed by atoms with van der Waals surface area (Å²) in [4.78, 5) is 10.3. The van der Waals surface area contributed by atoms with Gasteiger partial charge in [-0.05, 0) is 25.7 Å². The number of rotatable bonds is 6. The molecule has 0 aromatic rings. The Labute approximate surface area is 83.6 Å². The summed E-state index contributed by atoms with van der Waals surface area (Å²) in [5.74, 6) is -0.460. The fraction of sp³-hybridized carbons (Fsp3) is 0.700. The zero-order valence-electron chi connectivity index (χ0n) is 8.36. The van der Waals surface area contributed by atoms with E-state index in [2.05, 4.69) is 5.32 Å². The minimum atomic E-state index is -0.924. The third kappa shape index (κ3) is 4.39. The SMILES string of the molecule is CC(=CC(=O)O)CNCC(O)C1CC1. The summed E-state index contributed by atoms with van der Waals surface area (Å²) in [5.41, 5.74) is 0.764. The molecule has 1 rings (SSSR count). The molecule has 14 heavy (non-hydrogen) atoms. The second-order valence-corrected chi connectivity index (χ2v) is 3.86. The molecule has 0 aromatic carbocycles. The van der Waals surface area contributed by atoms with Gasteiger partial charge in [0.2, 0.25) is 0 Å². The Morgan fingerprint density at radius 2 is 2.29 bits per heavy atom. The zero-order chi connectivity index (χ0) is 10.6. The molecule has 0 aromatic heterocycles. The number of aliphatic carboxylic acids is 1. The Balaban J connectivity index is 2.10. The van der Waals surface area contributed by atoms with E-state index in [1.807, 2.05) is 0 Å². The predicted molar refractivity (Wildman–Crippen MR) is 53.0 cm³/mol. The number of aliphatic hydroxyl groups is 1. The van der Waals surface area contributed by atoms with Gasteiger partial charge in [-0.3, -0.25) is 0 Å². The molecule has 0 spiro atoms. The lowest BCUT2D eigenvalue weighted by molar-refractivity contribution is -0.131. The molecule has 1 atom stereocenters. The third-order valence-corrected chi connectivity index (χ3v) is 2.29. The normalized spacial score (nSPS) is 19.4. The predicted octanol–water partition coefficient (Wildman–Crippen LogP) is 0.378. The van der Waals surface area contributed by atoms with Crippen LogP contribution in [0.1, 0.15) is 19.8 Å². The molecular formula is C10H17NO3. The summed E-state index contributed by atoms with van der Waals surface area (Å²) < 4.78 is 0. The monoisotopic (exact) mass is 199 g/mol. The van der Waals surface area contributed by atoms with Gasteiger partial charge in [0.05, 0.1) is 6.10 Å². The molecule has 1 aliphatic rings. The lowest BCUT2D eigenvalue weighted by Gasteiger charge is -2.10. The van der Waals surface area contributed by atoms with Gasteiger partial charge in [-0.15, -0.1) is 0 Å². The summed E-state index contributed by atoms with van der Waals surface area (Å²) in [6, 6.07) is 0. The van der Waals surface area contributed by atoms with E-state index in [1.165, 1.54) is 6.08 Å². The van der Waals surface area contributed by atoms with Crippen LogP contribution in [-0.2, 0) is 4.79 Å². The van der Waals surface area contributed by atoms with Crippen LogP contribution in [0.5, 0.6) is 0 Å². The molecular weight excluding hydrogens is 182 g/mol. The van der Waals surface area contributed by atoms with E-state index in [0.717, 1.165) is 18.4 Å². The van der Waals surface area contributed by atoms with Crippen molar-refractivity contribution in [3.8, 4) is 0 Å². The first-order valence-electron chi connectivity index (χ1n) is 4.88. The zero-order valence-corrected chi connectivity index (χ0v) is 8.36. The fourth-order valence-corrected chi connectivity index (χ4v) is 1.33. The van der Waals surface area contributed by atoms with Crippen LogP contribution in [0.15, 0.2) is 11.6 Å². The summed E-state index contributed by atoms with van der Waals surface area (Å²) in [5, 5.41) is 21.0. The lowest BCUT2D eigenvalue weighted by Crippen LogP contribution is -2.29. The van der Waals surface area contributed by atoms with E-state index in [1.54, 1.807) is 6.92 Å². The maximum Gasteiger partial charge on any atom is 0.328 e. The molecule has 0 aliphatic heterocycles. The average Bonchev–Trinajstić information content (AvgIpc) is 2.84. The van der Waals surface area contributed by atoms with E-state index in [9.17, 15) is 9.90 Å². The van der Waals surface area contributed by atoms with Crippen molar-refractivity contribution in [3.05, 3.63) is 11.6 Å². The topological polar surface area (TPSA) is 69.6 Å². The summed E-state index contributed by atoms with van der Waals surface area (Å²) in [6.45, 7) is 2.83. The van der Waals surface area contributed by atoms with Gasteiger partial charge in [0.25, 0.3) is 0 Å². The van der Waals surface area contributed by atoms with Crippen molar-refractivity contribution in [1.82, 2.24) is 5.32 Å². The van der Waals surface area contributed by atoms with Crippen LogP contribution < -0.4 is 5.32 Å². The van der Waals surface area contributed by atoms with Crippen LogP contribution in [0.4, 0.5) is 0 Å². The molecule has 1 saturated carbocycles. The van der Waals surface area contributed by atoms with Gasteiger partial charge in [0, 0.05) is 19.2 Å². The maximum atomic E-state index is 10.3. The Hall–Kier alpha value is -0.870. The molecule has 80 valence electrons. The molecule has 1 fully saturated rings. The van der Waals surface area contributed by atoms with Crippen LogP contribution in [0.2, 0.25) is 0 Å². The van der Waals surface area contributed by atoms with Crippen molar-refractivity contribution in [2.24, 2.45) is 5.92 Å². The van der Waals surface area contributed by atoms with Gasteiger partial charge in [-0.2, -0.15) is 0 Å². The molecule has 4 heteroatoms. The first-order chi connectivity index (χ1) is 6.59. The number of aliphatic hydroxyl groups excluding tert-OH is 1.